The molecule has 15 rings (SSSR count). The summed E-state index contributed by atoms with van der Waals surface area (Å²) < 4.78 is 4.54. The molecular weight excluding hydrogens is 825 g/mol. The third-order valence-corrected chi connectivity index (χ3v) is 15.3. The van der Waals surface area contributed by atoms with Gasteiger partial charge < -0.3 is 0 Å². The fourth-order valence-corrected chi connectivity index (χ4v) is 12.7. The predicted molar refractivity (Wildman–Crippen MR) is 274 cm³/mol. The van der Waals surface area contributed by atoms with Crippen molar-refractivity contribution in [1.29, 1.82) is 0 Å². The quantitative estimate of drug-likeness (QED) is 0.177. The Balaban J connectivity index is 1.13. The van der Waals surface area contributed by atoms with Crippen LogP contribution >= 0.6 is 0 Å². The van der Waals surface area contributed by atoms with Gasteiger partial charge in [0.15, 0.2) is 0 Å². The Bertz CT molecular complexity index is 3690. The van der Waals surface area contributed by atoms with Crippen molar-refractivity contribution in [3.05, 3.63) is 287 Å². The Labute approximate surface area is 393 Å². The van der Waals surface area contributed by atoms with Gasteiger partial charge in [0.1, 0.15) is 11.3 Å². The van der Waals surface area contributed by atoms with Crippen LogP contribution in [0.15, 0.2) is 243 Å². The van der Waals surface area contributed by atoms with Crippen LogP contribution in [0.1, 0.15) is 44.5 Å². The van der Waals surface area contributed by atoms with Crippen LogP contribution in [-0.4, -0.2) is 18.8 Å². The standard InChI is InChI=1S/C64H40N4/c1-3-19-41(20-4-1)59-61(67-37-17-15-31-57(67)65-59)43-33-35-53-55(39-43)63(49-27-11-7-23-45(49)46-24-8-12-28-50(46)63)54-36-34-44(62-60(42-21-5-2-6-22-42)66-58-32-16-18-38-68(58)62)40-56(54)64(53)51-29-13-9-25-47(51)48-26-10-14-30-52(48)64/h1-40H. The van der Waals surface area contributed by atoms with Gasteiger partial charge in [-0.15, -0.1) is 0 Å². The topological polar surface area (TPSA) is 34.6 Å². The second-order valence-electron chi connectivity index (χ2n) is 18.4. The highest BCUT2D eigenvalue weighted by atomic mass is 15.0. The number of rotatable bonds is 4. The normalized spacial score (nSPS) is 14.1. The minimum absolute atomic E-state index is 0.681. The zero-order chi connectivity index (χ0) is 44.6. The first kappa shape index (κ1) is 37.4. The summed E-state index contributed by atoms with van der Waals surface area (Å²) in [6, 6.07) is 85.3. The largest absolute Gasteiger partial charge is 0.299 e. The molecule has 4 aromatic heterocycles. The van der Waals surface area contributed by atoms with E-state index in [2.05, 4.69) is 252 Å². The zero-order valence-corrected chi connectivity index (χ0v) is 36.9. The summed E-state index contributed by atoms with van der Waals surface area (Å²) in [7, 11) is 0. The lowest BCUT2D eigenvalue weighted by Crippen LogP contribution is -2.44. The van der Waals surface area contributed by atoms with Gasteiger partial charge in [-0.25, -0.2) is 9.97 Å². The molecule has 3 aliphatic rings. The van der Waals surface area contributed by atoms with Crippen LogP contribution in [0.25, 0.3) is 78.6 Å². The number of aromatic nitrogens is 4. The number of hydrogen-bond acceptors (Lipinski definition) is 2. The Hall–Kier alpha value is -8.86. The number of pyridine rings is 2. The summed E-state index contributed by atoms with van der Waals surface area (Å²) in [5.41, 5.74) is 24.4. The van der Waals surface area contributed by atoms with Crippen LogP contribution in [0.5, 0.6) is 0 Å². The summed E-state index contributed by atoms with van der Waals surface area (Å²) in [6.45, 7) is 0. The molecule has 0 radical (unpaired) electrons. The smallest absolute Gasteiger partial charge is 0.137 e. The van der Waals surface area contributed by atoms with Gasteiger partial charge >= 0.3 is 0 Å². The van der Waals surface area contributed by atoms with Crippen molar-refractivity contribution in [1.82, 2.24) is 18.8 Å². The van der Waals surface area contributed by atoms with Gasteiger partial charge in [-0.1, -0.05) is 194 Å². The van der Waals surface area contributed by atoms with Gasteiger partial charge in [0.05, 0.1) is 33.6 Å². The molecule has 8 aromatic carbocycles. The van der Waals surface area contributed by atoms with Gasteiger partial charge in [0.25, 0.3) is 0 Å². The number of nitrogens with zero attached hydrogens (tertiary/aromatic N) is 4. The van der Waals surface area contributed by atoms with Crippen molar-refractivity contribution in [2.75, 3.05) is 0 Å². The van der Waals surface area contributed by atoms with E-state index in [-0.39, 0.29) is 0 Å². The van der Waals surface area contributed by atoms with Crippen LogP contribution in [0.3, 0.4) is 0 Å². The van der Waals surface area contributed by atoms with Crippen molar-refractivity contribution >= 4 is 11.3 Å². The highest BCUT2D eigenvalue weighted by molar-refractivity contribution is 5.96. The Morgan fingerprint density at radius 1 is 0.265 bits per heavy atom. The molecule has 4 heteroatoms. The molecule has 2 spiro atoms. The van der Waals surface area contributed by atoms with E-state index in [0.29, 0.717) is 0 Å². The Morgan fingerprint density at radius 2 is 0.603 bits per heavy atom. The van der Waals surface area contributed by atoms with E-state index in [1.165, 1.54) is 66.8 Å². The van der Waals surface area contributed by atoms with Crippen LogP contribution in [-0.2, 0) is 10.8 Å². The second-order valence-corrected chi connectivity index (χ2v) is 18.4. The van der Waals surface area contributed by atoms with Gasteiger partial charge in [-0.05, 0) is 103 Å². The lowest BCUT2D eigenvalue weighted by atomic mass is 9.52. The van der Waals surface area contributed by atoms with E-state index in [4.69, 9.17) is 9.97 Å². The molecule has 0 unspecified atom stereocenters. The molecule has 68 heavy (non-hydrogen) atoms. The van der Waals surface area contributed by atoms with Crippen molar-refractivity contribution in [2.24, 2.45) is 0 Å². The summed E-state index contributed by atoms with van der Waals surface area (Å²) in [5.74, 6) is 0. The first-order valence-corrected chi connectivity index (χ1v) is 23.5. The molecule has 316 valence electrons. The van der Waals surface area contributed by atoms with Gasteiger partial charge in [-0.3, -0.25) is 8.80 Å². The van der Waals surface area contributed by atoms with Crippen molar-refractivity contribution in [3.63, 3.8) is 0 Å². The first-order valence-electron chi connectivity index (χ1n) is 23.5. The molecule has 0 bridgehead atoms. The monoisotopic (exact) mass is 864 g/mol. The zero-order valence-electron chi connectivity index (χ0n) is 36.9. The predicted octanol–water partition coefficient (Wildman–Crippen LogP) is 14.7. The third kappa shape index (κ3) is 4.73. The molecule has 12 aromatic rings. The van der Waals surface area contributed by atoms with Crippen molar-refractivity contribution in [2.45, 2.75) is 10.8 Å². The number of benzene rings is 8. The molecule has 0 saturated heterocycles. The lowest BCUT2D eigenvalue weighted by molar-refractivity contribution is 0.633. The van der Waals surface area contributed by atoms with Crippen LogP contribution in [0.2, 0.25) is 0 Å². The van der Waals surface area contributed by atoms with Crippen molar-refractivity contribution in [3.8, 4) is 67.3 Å². The number of fused-ring (bicyclic) bond motifs is 18. The molecule has 0 N–H and O–H groups in total. The third-order valence-electron chi connectivity index (χ3n) is 15.3. The molecule has 0 atom stereocenters. The SMILES string of the molecule is c1ccc(-c2nc3ccccn3c2-c2ccc3c(c2)C2(c4ccccc4-c4ccccc42)c2ccc(-c4c(-c5ccccc5)nc5ccccn45)cc2C32c3ccccc3-c3ccccc32)cc1. The molecule has 3 aliphatic carbocycles. The Morgan fingerprint density at radius 3 is 0.985 bits per heavy atom. The minimum atomic E-state index is -0.681. The van der Waals surface area contributed by atoms with E-state index in [0.717, 1.165) is 56.3 Å². The Kier molecular flexibility index (Phi) is 7.60. The molecule has 0 saturated carbocycles. The maximum Gasteiger partial charge on any atom is 0.137 e. The maximum absolute atomic E-state index is 5.34. The van der Waals surface area contributed by atoms with Crippen LogP contribution in [0.4, 0.5) is 0 Å². The van der Waals surface area contributed by atoms with Gasteiger partial charge in [0, 0.05) is 34.6 Å². The van der Waals surface area contributed by atoms with Gasteiger partial charge in [-0.2, -0.15) is 0 Å². The average molecular weight is 865 g/mol. The minimum Gasteiger partial charge on any atom is -0.299 e. The summed E-state index contributed by atoms with van der Waals surface area (Å²) in [4.78, 5) is 10.7. The second kappa shape index (κ2) is 13.8. The highest BCUT2D eigenvalue weighted by Crippen LogP contribution is 2.68. The van der Waals surface area contributed by atoms with E-state index in [9.17, 15) is 0 Å². The fraction of sp³-hybridized carbons (Fsp3) is 0.0312. The molecule has 4 heterocycles. The first-order chi connectivity index (χ1) is 33.7. The molecule has 0 aliphatic heterocycles. The summed E-state index contributed by atoms with van der Waals surface area (Å²) in [5, 5.41) is 0. The average Bonchev–Trinajstić information content (AvgIpc) is 4.16. The lowest BCUT2D eigenvalue weighted by Gasteiger charge is -2.49. The highest BCUT2D eigenvalue weighted by Gasteiger charge is 2.59. The molecular formula is C64H40N4. The molecule has 0 fully saturated rings. The van der Waals surface area contributed by atoms with E-state index in [1.54, 1.807) is 0 Å². The van der Waals surface area contributed by atoms with E-state index < -0.39 is 10.8 Å². The summed E-state index contributed by atoms with van der Waals surface area (Å²) in [6.07, 6.45) is 4.32. The number of imidazole rings is 2. The molecule has 4 nitrogen and oxygen atoms in total. The van der Waals surface area contributed by atoms with Crippen LogP contribution < -0.4 is 0 Å². The fourth-order valence-electron chi connectivity index (χ4n) is 12.7. The number of hydrogen-bond donors (Lipinski definition) is 0. The van der Waals surface area contributed by atoms with Gasteiger partial charge in [0.2, 0.25) is 0 Å². The van der Waals surface area contributed by atoms with E-state index in [1.807, 2.05) is 0 Å². The maximum atomic E-state index is 5.34. The molecule has 0 amide bonds. The van der Waals surface area contributed by atoms with E-state index >= 15 is 0 Å². The van der Waals surface area contributed by atoms with Crippen molar-refractivity contribution < 1.29 is 0 Å². The van der Waals surface area contributed by atoms with Crippen LogP contribution in [0, 0.1) is 0 Å². The summed E-state index contributed by atoms with van der Waals surface area (Å²) >= 11 is 0.